The van der Waals surface area contributed by atoms with Crippen LogP contribution in [0.25, 0.3) is 0 Å². The van der Waals surface area contributed by atoms with Crippen LogP contribution >= 0.6 is 15.9 Å². The molecule has 0 heterocycles. The van der Waals surface area contributed by atoms with E-state index in [1.54, 1.807) is 12.1 Å². The van der Waals surface area contributed by atoms with E-state index in [0.29, 0.717) is 12.4 Å². The van der Waals surface area contributed by atoms with Crippen molar-refractivity contribution >= 4 is 15.9 Å². The fraction of sp³-hybridized carbons (Fsp3) is 0.600. The van der Waals surface area contributed by atoms with Crippen molar-refractivity contribution in [2.45, 2.75) is 51.9 Å². The van der Waals surface area contributed by atoms with Crippen molar-refractivity contribution in [3.05, 3.63) is 28.5 Å². The minimum atomic E-state index is -0.291. The zero-order valence-corrected chi connectivity index (χ0v) is 12.6. The molecule has 1 aromatic carbocycles. The second-order valence-corrected chi connectivity index (χ2v) is 5.46. The van der Waals surface area contributed by atoms with Crippen LogP contribution < -0.4 is 4.74 Å². The number of rotatable bonds is 9. The van der Waals surface area contributed by atoms with Crippen LogP contribution in [0.15, 0.2) is 22.7 Å². The molecule has 0 spiro atoms. The molecule has 0 fully saturated rings. The van der Waals surface area contributed by atoms with Crippen molar-refractivity contribution in [3.63, 3.8) is 0 Å². The molecule has 1 nitrogen and oxygen atoms in total. The maximum absolute atomic E-state index is 13.3. The number of hydrogen-bond donors (Lipinski definition) is 0. The minimum absolute atomic E-state index is 0.291. The molecule has 1 aromatic rings. The molecule has 0 aliphatic carbocycles. The lowest BCUT2D eigenvalue weighted by molar-refractivity contribution is 0.289. The number of ether oxygens (including phenoxy) is 1. The van der Waals surface area contributed by atoms with Crippen molar-refractivity contribution in [1.29, 1.82) is 0 Å². The van der Waals surface area contributed by atoms with E-state index < -0.39 is 0 Å². The molecule has 102 valence electrons. The van der Waals surface area contributed by atoms with Crippen LogP contribution in [0.4, 0.5) is 4.39 Å². The van der Waals surface area contributed by atoms with Gasteiger partial charge in [0.2, 0.25) is 0 Å². The Balaban J connectivity index is 2.09. The first-order valence-corrected chi connectivity index (χ1v) is 7.61. The Labute approximate surface area is 118 Å². The van der Waals surface area contributed by atoms with Gasteiger partial charge in [-0.2, -0.15) is 0 Å². The van der Waals surface area contributed by atoms with Crippen LogP contribution in [0.2, 0.25) is 0 Å². The van der Waals surface area contributed by atoms with Gasteiger partial charge >= 0.3 is 0 Å². The van der Waals surface area contributed by atoms with E-state index in [-0.39, 0.29) is 5.82 Å². The average Bonchev–Trinajstić information content (AvgIpc) is 2.36. The van der Waals surface area contributed by atoms with Crippen molar-refractivity contribution < 1.29 is 9.13 Å². The topological polar surface area (TPSA) is 9.23 Å². The van der Waals surface area contributed by atoms with Crippen molar-refractivity contribution in [2.24, 2.45) is 0 Å². The van der Waals surface area contributed by atoms with Gasteiger partial charge in [-0.15, -0.1) is 0 Å². The van der Waals surface area contributed by atoms with E-state index >= 15 is 0 Å². The summed E-state index contributed by atoms with van der Waals surface area (Å²) in [7, 11) is 0. The molecule has 3 heteroatoms. The van der Waals surface area contributed by atoms with Crippen LogP contribution in [-0.2, 0) is 0 Å². The van der Waals surface area contributed by atoms with Gasteiger partial charge in [-0.05, 0) is 24.6 Å². The second-order valence-electron chi connectivity index (χ2n) is 4.54. The Bertz CT molecular complexity index is 341. The highest BCUT2D eigenvalue weighted by molar-refractivity contribution is 9.10. The van der Waals surface area contributed by atoms with Crippen LogP contribution in [0.3, 0.4) is 0 Å². The predicted molar refractivity (Wildman–Crippen MR) is 77.6 cm³/mol. The summed E-state index contributed by atoms with van der Waals surface area (Å²) in [5.41, 5.74) is 0. The quantitative estimate of drug-likeness (QED) is 0.529. The molecule has 0 aliphatic rings. The Kier molecular flexibility index (Phi) is 8.06. The van der Waals surface area contributed by atoms with Crippen LogP contribution in [0, 0.1) is 5.82 Å². The summed E-state index contributed by atoms with van der Waals surface area (Å²) in [4.78, 5) is 0. The van der Waals surface area contributed by atoms with Gasteiger partial charge in [-0.25, -0.2) is 4.39 Å². The number of halogens is 2. The first kappa shape index (κ1) is 15.5. The van der Waals surface area contributed by atoms with Gasteiger partial charge in [0.1, 0.15) is 0 Å². The van der Waals surface area contributed by atoms with E-state index in [1.165, 1.54) is 44.6 Å². The van der Waals surface area contributed by atoms with Gasteiger partial charge < -0.3 is 4.74 Å². The number of hydrogen-bond acceptors (Lipinski definition) is 1. The van der Waals surface area contributed by atoms with Crippen molar-refractivity contribution in [1.82, 2.24) is 0 Å². The summed E-state index contributed by atoms with van der Waals surface area (Å²) in [5, 5.41) is 0. The van der Waals surface area contributed by atoms with Gasteiger partial charge in [0.15, 0.2) is 11.6 Å². The highest BCUT2D eigenvalue weighted by atomic mass is 79.9. The molecule has 0 bridgehead atoms. The second kappa shape index (κ2) is 9.37. The fourth-order valence-corrected chi connectivity index (χ4v) is 2.17. The summed E-state index contributed by atoms with van der Waals surface area (Å²) < 4.78 is 19.6. The van der Waals surface area contributed by atoms with E-state index in [4.69, 9.17) is 4.74 Å². The Morgan fingerprint density at radius 1 is 1.06 bits per heavy atom. The van der Waals surface area contributed by atoms with Gasteiger partial charge in [-0.1, -0.05) is 61.4 Å². The molecule has 0 N–H and O–H groups in total. The first-order chi connectivity index (χ1) is 8.74. The standard InChI is InChI=1S/C15H22BrFO/c1-2-3-4-5-6-7-8-11-18-15-12-13(16)9-10-14(15)17/h9-10,12H,2-8,11H2,1H3. The molecular weight excluding hydrogens is 295 g/mol. The highest BCUT2D eigenvalue weighted by Crippen LogP contribution is 2.22. The van der Waals surface area contributed by atoms with Gasteiger partial charge in [0, 0.05) is 4.47 Å². The van der Waals surface area contributed by atoms with E-state index in [0.717, 1.165) is 10.9 Å². The van der Waals surface area contributed by atoms with E-state index in [2.05, 4.69) is 22.9 Å². The lowest BCUT2D eigenvalue weighted by Crippen LogP contribution is -1.99. The summed E-state index contributed by atoms with van der Waals surface area (Å²) in [6, 6.07) is 4.77. The molecule has 0 unspecified atom stereocenters. The third-order valence-corrected chi connectivity index (χ3v) is 3.39. The summed E-state index contributed by atoms with van der Waals surface area (Å²) in [6.45, 7) is 2.82. The molecule has 0 atom stereocenters. The van der Waals surface area contributed by atoms with Crippen LogP contribution in [0.1, 0.15) is 51.9 Å². The molecule has 0 aromatic heterocycles. The monoisotopic (exact) mass is 316 g/mol. The zero-order chi connectivity index (χ0) is 13.2. The summed E-state index contributed by atoms with van der Waals surface area (Å²) >= 11 is 3.31. The first-order valence-electron chi connectivity index (χ1n) is 6.82. The highest BCUT2D eigenvalue weighted by Gasteiger charge is 2.03. The largest absolute Gasteiger partial charge is 0.490 e. The molecule has 18 heavy (non-hydrogen) atoms. The molecular formula is C15H22BrFO. The van der Waals surface area contributed by atoms with Crippen molar-refractivity contribution in [2.75, 3.05) is 6.61 Å². The third-order valence-electron chi connectivity index (χ3n) is 2.90. The lowest BCUT2D eigenvalue weighted by Gasteiger charge is -2.07. The Hall–Kier alpha value is -0.570. The maximum atomic E-state index is 13.3. The summed E-state index contributed by atoms with van der Waals surface area (Å²) in [5.74, 6) is 0.0523. The zero-order valence-electron chi connectivity index (χ0n) is 11.1. The molecule has 0 radical (unpaired) electrons. The lowest BCUT2D eigenvalue weighted by atomic mass is 10.1. The van der Waals surface area contributed by atoms with Crippen LogP contribution in [0.5, 0.6) is 5.75 Å². The van der Waals surface area contributed by atoms with Crippen LogP contribution in [-0.4, -0.2) is 6.61 Å². The molecule has 0 saturated carbocycles. The Morgan fingerprint density at radius 2 is 1.72 bits per heavy atom. The smallest absolute Gasteiger partial charge is 0.165 e. The third kappa shape index (κ3) is 6.39. The molecule has 1 rings (SSSR count). The van der Waals surface area contributed by atoms with E-state index in [9.17, 15) is 4.39 Å². The maximum Gasteiger partial charge on any atom is 0.165 e. The predicted octanol–water partition coefficient (Wildman–Crippen LogP) is 5.72. The Morgan fingerprint density at radius 3 is 2.44 bits per heavy atom. The SMILES string of the molecule is CCCCCCCCCOc1cc(Br)ccc1F. The normalized spacial score (nSPS) is 10.6. The number of benzene rings is 1. The number of unbranched alkanes of at least 4 members (excludes halogenated alkanes) is 6. The molecule has 0 saturated heterocycles. The minimum Gasteiger partial charge on any atom is -0.490 e. The summed E-state index contributed by atoms with van der Waals surface area (Å²) in [6.07, 6.45) is 8.67. The molecule has 0 amide bonds. The molecule has 0 aliphatic heterocycles. The van der Waals surface area contributed by atoms with Gasteiger partial charge in [0.25, 0.3) is 0 Å². The fourth-order valence-electron chi connectivity index (χ4n) is 1.83. The van der Waals surface area contributed by atoms with Gasteiger partial charge in [0.05, 0.1) is 6.61 Å². The van der Waals surface area contributed by atoms with E-state index in [1.807, 2.05) is 0 Å². The average molecular weight is 317 g/mol. The van der Waals surface area contributed by atoms with Gasteiger partial charge in [-0.3, -0.25) is 0 Å². The van der Waals surface area contributed by atoms with Crippen molar-refractivity contribution in [3.8, 4) is 5.75 Å².